The van der Waals surface area contributed by atoms with Crippen LogP contribution < -0.4 is 4.74 Å². The Labute approximate surface area is 167 Å². The molecule has 0 aliphatic carbocycles. The molecule has 28 heavy (non-hydrogen) atoms. The molecule has 0 unspecified atom stereocenters. The first-order valence-corrected chi connectivity index (χ1v) is 10.5. The Bertz CT molecular complexity index is 1080. The second-order valence-corrected chi connectivity index (χ2v) is 8.88. The van der Waals surface area contributed by atoms with Crippen molar-refractivity contribution < 1.29 is 17.7 Å². The van der Waals surface area contributed by atoms with Gasteiger partial charge < -0.3 is 9.26 Å². The van der Waals surface area contributed by atoms with Crippen molar-refractivity contribution in [3.8, 4) is 5.75 Å². The van der Waals surface area contributed by atoms with Crippen molar-refractivity contribution in [1.82, 2.24) is 14.4 Å². The van der Waals surface area contributed by atoms with E-state index in [1.54, 1.807) is 19.2 Å². The molecule has 1 saturated heterocycles. The van der Waals surface area contributed by atoms with Crippen LogP contribution >= 0.6 is 11.6 Å². The van der Waals surface area contributed by atoms with E-state index in [0.29, 0.717) is 36.2 Å². The Morgan fingerprint density at radius 1 is 1.18 bits per heavy atom. The van der Waals surface area contributed by atoms with Crippen molar-refractivity contribution in [3.05, 3.63) is 70.8 Å². The molecule has 3 aromatic rings. The molecule has 1 aromatic heterocycles. The third-order valence-corrected chi connectivity index (χ3v) is 6.77. The monoisotopic (exact) mass is 419 g/mol. The zero-order valence-corrected chi connectivity index (χ0v) is 16.7. The van der Waals surface area contributed by atoms with Gasteiger partial charge in [-0.25, -0.2) is 8.42 Å². The van der Waals surface area contributed by atoms with Gasteiger partial charge in [0, 0.05) is 30.1 Å². The molecule has 146 valence electrons. The molecule has 1 aliphatic rings. The van der Waals surface area contributed by atoms with E-state index in [0.717, 1.165) is 11.3 Å². The van der Waals surface area contributed by atoms with Crippen LogP contribution in [0.3, 0.4) is 0 Å². The third-order valence-electron chi connectivity index (χ3n) is 4.67. The lowest BCUT2D eigenvalue weighted by atomic mass is 10.0. The van der Waals surface area contributed by atoms with Gasteiger partial charge in [-0.3, -0.25) is 0 Å². The van der Waals surface area contributed by atoms with E-state index in [1.165, 1.54) is 16.4 Å². The molecule has 1 aliphatic heterocycles. The molecule has 0 atom stereocenters. The summed E-state index contributed by atoms with van der Waals surface area (Å²) in [7, 11) is -1.93. The highest BCUT2D eigenvalue weighted by molar-refractivity contribution is 7.89. The van der Waals surface area contributed by atoms with E-state index < -0.39 is 10.0 Å². The molecule has 0 bridgehead atoms. The second-order valence-electron chi connectivity index (χ2n) is 6.51. The Balaban J connectivity index is 1.42. The minimum atomic E-state index is -3.54. The van der Waals surface area contributed by atoms with Crippen LogP contribution in [0.5, 0.6) is 5.75 Å². The van der Waals surface area contributed by atoms with E-state index in [4.69, 9.17) is 20.9 Å². The highest BCUT2D eigenvalue weighted by atomic mass is 35.5. The van der Waals surface area contributed by atoms with Gasteiger partial charge in [-0.2, -0.15) is 9.29 Å². The number of hydrogen-bond donors (Lipinski definition) is 0. The predicted octanol–water partition coefficient (Wildman–Crippen LogP) is 3.11. The third kappa shape index (κ3) is 3.63. The molecular formula is C19H18ClN3O4S. The SMILES string of the molecule is COc1ccccc1Cc1noc(C2CN(S(=O)(=O)c3ccc(Cl)cc3)C2)n1. The van der Waals surface area contributed by atoms with Gasteiger partial charge in [0.05, 0.1) is 17.9 Å². The number of nitrogens with zero attached hydrogens (tertiary/aromatic N) is 3. The average Bonchev–Trinajstić information content (AvgIpc) is 3.09. The minimum absolute atomic E-state index is 0.110. The zero-order valence-electron chi connectivity index (χ0n) is 15.1. The lowest BCUT2D eigenvalue weighted by Crippen LogP contribution is -2.48. The van der Waals surface area contributed by atoms with Crippen LogP contribution in [0.2, 0.25) is 5.02 Å². The molecule has 1 fully saturated rings. The maximum absolute atomic E-state index is 12.6. The van der Waals surface area contributed by atoms with Crippen molar-refractivity contribution in [2.75, 3.05) is 20.2 Å². The first-order chi connectivity index (χ1) is 13.5. The predicted molar refractivity (Wildman–Crippen MR) is 103 cm³/mol. The quantitative estimate of drug-likeness (QED) is 0.610. The fourth-order valence-corrected chi connectivity index (χ4v) is 4.73. The van der Waals surface area contributed by atoms with Crippen LogP contribution in [0.1, 0.15) is 23.2 Å². The molecule has 0 N–H and O–H groups in total. The molecule has 0 spiro atoms. The molecule has 7 nitrogen and oxygen atoms in total. The van der Waals surface area contributed by atoms with E-state index in [1.807, 2.05) is 24.3 Å². The average molecular weight is 420 g/mol. The number of methoxy groups -OCH3 is 1. The topological polar surface area (TPSA) is 85.5 Å². The van der Waals surface area contributed by atoms with Gasteiger partial charge in [-0.15, -0.1) is 0 Å². The highest BCUT2D eigenvalue weighted by Crippen LogP contribution is 2.32. The maximum Gasteiger partial charge on any atom is 0.243 e. The van der Waals surface area contributed by atoms with Crippen LogP contribution in [-0.2, 0) is 16.4 Å². The van der Waals surface area contributed by atoms with Crippen molar-refractivity contribution in [2.45, 2.75) is 17.2 Å². The van der Waals surface area contributed by atoms with Crippen LogP contribution in [0.25, 0.3) is 0 Å². The molecule has 9 heteroatoms. The van der Waals surface area contributed by atoms with Crippen LogP contribution in [0, 0.1) is 0 Å². The first kappa shape index (κ1) is 18.9. The van der Waals surface area contributed by atoms with Crippen LogP contribution in [-0.4, -0.2) is 43.1 Å². The molecular weight excluding hydrogens is 402 g/mol. The molecule has 0 radical (unpaired) electrons. The van der Waals surface area contributed by atoms with Crippen LogP contribution in [0.15, 0.2) is 57.9 Å². The number of benzene rings is 2. The summed E-state index contributed by atoms with van der Waals surface area (Å²) in [5.74, 6) is 1.64. The first-order valence-electron chi connectivity index (χ1n) is 8.67. The Hall–Kier alpha value is -2.42. The fourth-order valence-electron chi connectivity index (χ4n) is 3.07. The number of halogens is 1. The highest BCUT2D eigenvalue weighted by Gasteiger charge is 2.40. The number of rotatable bonds is 6. The molecule has 0 saturated carbocycles. The second kappa shape index (κ2) is 7.54. The van der Waals surface area contributed by atoms with Gasteiger partial charge in [-0.05, 0) is 30.3 Å². The largest absolute Gasteiger partial charge is 0.496 e. The van der Waals surface area contributed by atoms with Gasteiger partial charge in [0.15, 0.2) is 5.82 Å². The Morgan fingerprint density at radius 2 is 1.89 bits per heavy atom. The number of ether oxygens (including phenoxy) is 1. The smallest absolute Gasteiger partial charge is 0.243 e. The lowest BCUT2D eigenvalue weighted by molar-refractivity contribution is 0.216. The van der Waals surface area contributed by atoms with Gasteiger partial charge in [0.25, 0.3) is 0 Å². The van der Waals surface area contributed by atoms with Gasteiger partial charge in [0.2, 0.25) is 15.9 Å². The molecule has 2 heterocycles. The van der Waals surface area contributed by atoms with E-state index in [-0.39, 0.29) is 10.8 Å². The zero-order chi connectivity index (χ0) is 19.7. The number of hydrogen-bond acceptors (Lipinski definition) is 6. The van der Waals surface area contributed by atoms with Crippen molar-refractivity contribution >= 4 is 21.6 Å². The summed E-state index contributed by atoms with van der Waals surface area (Å²) in [6.45, 7) is 0.614. The van der Waals surface area contributed by atoms with Crippen molar-refractivity contribution in [1.29, 1.82) is 0 Å². The Kier molecular flexibility index (Phi) is 5.09. The van der Waals surface area contributed by atoms with Crippen molar-refractivity contribution in [2.24, 2.45) is 0 Å². The fraction of sp³-hybridized carbons (Fsp3) is 0.263. The molecule has 0 amide bonds. The summed E-state index contributed by atoms with van der Waals surface area (Å²) in [6.07, 6.45) is 0.479. The van der Waals surface area contributed by atoms with Crippen LogP contribution in [0.4, 0.5) is 0 Å². The molecule has 4 rings (SSSR count). The number of aromatic nitrogens is 2. The standard InChI is InChI=1S/C19H18ClN3O4S/c1-26-17-5-3-2-4-13(17)10-18-21-19(27-22-18)14-11-23(12-14)28(24,25)16-8-6-15(20)7-9-16/h2-9,14H,10-12H2,1H3. The lowest BCUT2D eigenvalue weighted by Gasteiger charge is -2.35. The number of sulfonamides is 1. The van der Waals surface area contributed by atoms with Gasteiger partial charge in [0.1, 0.15) is 5.75 Å². The summed E-state index contributed by atoms with van der Waals surface area (Å²) in [6, 6.07) is 13.8. The van der Waals surface area contributed by atoms with E-state index in [9.17, 15) is 8.42 Å². The van der Waals surface area contributed by atoms with E-state index in [2.05, 4.69) is 10.1 Å². The normalized spacial score (nSPS) is 15.4. The Morgan fingerprint density at radius 3 is 2.61 bits per heavy atom. The van der Waals surface area contributed by atoms with Gasteiger partial charge >= 0.3 is 0 Å². The van der Waals surface area contributed by atoms with Gasteiger partial charge in [-0.1, -0.05) is 35.0 Å². The number of para-hydroxylation sites is 1. The summed E-state index contributed by atoms with van der Waals surface area (Å²) in [4.78, 5) is 4.65. The summed E-state index contributed by atoms with van der Waals surface area (Å²) < 4.78 is 37.3. The maximum atomic E-state index is 12.6. The van der Waals surface area contributed by atoms with Crippen molar-refractivity contribution in [3.63, 3.8) is 0 Å². The summed E-state index contributed by atoms with van der Waals surface area (Å²) in [5.41, 5.74) is 0.956. The van der Waals surface area contributed by atoms with E-state index >= 15 is 0 Å². The minimum Gasteiger partial charge on any atom is -0.496 e. The molecule has 2 aromatic carbocycles. The summed E-state index contributed by atoms with van der Waals surface area (Å²) in [5, 5.41) is 4.51. The summed E-state index contributed by atoms with van der Waals surface area (Å²) >= 11 is 5.83.